The molecule has 0 saturated carbocycles. The van der Waals surface area contributed by atoms with Crippen molar-refractivity contribution in [2.24, 2.45) is 0 Å². The Hall–Kier alpha value is -3.26. The Bertz CT molecular complexity index is 1090. The van der Waals surface area contributed by atoms with Crippen LogP contribution in [-0.4, -0.2) is 63.5 Å². The average Bonchev–Trinajstić information content (AvgIpc) is 3.42. The first-order valence-corrected chi connectivity index (χ1v) is 9.26. The van der Waals surface area contributed by atoms with Crippen LogP contribution in [0.5, 0.6) is 0 Å². The molecule has 2 aromatic carbocycles. The Morgan fingerprint density at radius 1 is 1.18 bits per heavy atom. The van der Waals surface area contributed by atoms with Crippen LogP contribution in [-0.2, 0) is 10.2 Å². The Labute approximate surface area is 160 Å². The maximum atomic E-state index is 13.3. The quantitative estimate of drug-likeness (QED) is 0.711. The van der Waals surface area contributed by atoms with Gasteiger partial charge in [0, 0.05) is 30.9 Å². The number of anilines is 1. The summed E-state index contributed by atoms with van der Waals surface area (Å²) >= 11 is 0. The number of aliphatic hydroxyl groups excluding tert-OH is 1. The van der Waals surface area contributed by atoms with Crippen LogP contribution in [0.4, 0.5) is 5.69 Å². The van der Waals surface area contributed by atoms with E-state index in [1.54, 1.807) is 28.0 Å². The summed E-state index contributed by atoms with van der Waals surface area (Å²) in [5.74, 6) is -0.155. The second-order valence-corrected chi connectivity index (χ2v) is 7.28. The summed E-state index contributed by atoms with van der Waals surface area (Å²) in [6, 6.07) is 12.9. The normalized spacial score (nSPS) is 21.1. The number of carbonyl (C=O) groups is 2. The van der Waals surface area contributed by atoms with Gasteiger partial charge in [-0.3, -0.25) is 9.59 Å². The van der Waals surface area contributed by atoms with E-state index in [9.17, 15) is 14.7 Å². The van der Waals surface area contributed by atoms with Crippen LogP contribution >= 0.6 is 0 Å². The molecular formula is C20H19N5O3. The van der Waals surface area contributed by atoms with Crippen molar-refractivity contribution in [3.05, 3.63) is 53.6 Å². The number of rotatable bonds is 3. The number of hydrogen-bond donors (Lipinski definition) is 2. The highest BCUT2D eigenvalue weighted by Crippen LogP contribution is 2.47. The molecule has 1 spiro atoms. The molecule has 1 saturated heterocycles. The van der Waals surface area contributed by atoms with Crippen LogP contribution in [0, 0.1) is 0 Å². The molecule has 142 valence electrons. The predicted molar refractivity (Wildman–Crippen MR) is 102 cm³/mol. The summed E-state index contributed by atoms with van der Waals surface area (Å²) in [5, 5.41) is 20.0. The average molecular weight is 377 g/mol. The van der Waals surface area contributed by atoms with Crippen molar-refractivity contribution in [2.75, 3.05) is 31.1 Å². The van der Waals surface area contributed by atoms with Gasteiger partial charge < -0.3 is 14.9 Å². The van der Waals surface area contributed by atoms with Gasteiger partial charge in [-0.2, -0.15) is 15.4 Å². The van der Waals surface area contributed by atoms with Crippen LogP contribution in [0.15, 0.2) is 42.5 Å². The third kappa shape index (κ3) is 2.27. The number of aliphatic hydroxyl groups is 1. The van der Waals surface area contributed by atoms with Gasteiger partial charge >= 0.3 is 0 Å². The molecule has 2 N–H and O–H groups in total. The molecule has 3 heterocycles. The number of benzene rings is 2. The molecule has 1 unspecified atom stereocenters. The standard InChI is InChI=1S/C20H19N5O3/c26-10-9-25-17-4-2-1-3-14(17)20(19(25)28)7-8-24(12-20)18(27)13-5-6-15-16(11-13)22-23-21-15/h1-6,11,26H,7-10,12H2,(H,21,22,23). The molecule has 8 nitrogen and oxygen atoms in total. The second kappa shape index (κ2) is 6.13. The molecule has 28 heavy (non-hydrogen) atoms. The van der Waals surface area contributed by atoms with Crippen molar-refractivity contribution >= 4 is 28.5 Å². The van der Waals surface area contributed by atoms with Gasteiger partial charge in [0.05, 0.1) is 12.0 Å². The summed E-state index contributed by atoms with van der Waals surface area (Å²) in [5.41, 5.74) is 2.91. The molecule has 0 bridgehead atoms. The minimum atomic E-state index is -0.737. The molecule has 2 aliphatic heterocycles. The van der Waals surface area contributed by atoms with E-state index in [1.165, 1.54) is 0 Å². The number of carbonyl (C=O) groups excluding carboxylic acids is 2. The van der Waals surface area contributed by atoms with Gasteiger partial charge in [0.1, 0.15) is 11.0 Å². The van der Waals surface area contributed by atoms with E-state index in [2.05, 4.69) is 15.4 Å². The molecule has 2 aliphatic rings. The SMILES string of the molecule is O=C(c1ccc2n[nH]nc2c1)N1CCC2(C1)C(=O)N(CCO)c1ccccc12. The number of aromatic nitrogens is 3. The highest BCUT2D eigenvalue weighted by Gasteiger charge is 2.54. The first kappa shape index (κ1) is 16.9. The lowest BCUT2D eigenvalue weighted by Crippen LogP contribution is -2.44. The molecule has 2 amide bonds. The fourth-order valence-electron chi connectivity index (χ4n) is 4.45. The summed E-state index contributed by atoms with van der Waals surface area (Å²) in [6.07, 6.45) is 0.572. The number of β-amino-alcohol motifs (C(OH)–C–C–N with tert-alkyl or cyclic N) is 1. The number of nitrogens with zero attached hydrogens (tertiary/aromatic N) is 4. The molecule has 8 heteroatoms. The number of hydrogen-bond acceptors (Lipinski definition) is 5. The largest absolute Gasteiger partial charge is 0.395 e. The third-order valence-electron chi connectivity index (χ3n) is 5.81. The fourth-order valence-corrected chi connectivity index (χ4v) is 4.45. The van der Waals surface area contributed by atoms with E-state index in [1.807, 2.05) is 24.3 Å². The molecule has 1 atom stereocenters. The lowest BCUT2D eigenvalue weighted by Gasteiger charge is -2.24. The molecule has 0 aliphatic carbocycles. The van der Waals surface area contributed by atoms with Crippen molar-refractivity contribution in [1.82, 2.24) is 20.3 Å². The van der Waals surface area contributed by atoms with Gasteiger partial charge in [-0.25, -0.2) is 0 Å². The number of fused-ring (bicyclic) bond motifs is 3. The van der Waals surface area contributed by atoms with E-state index >= 15 is 0 Å². The number of likely N-dealkylation sites (tertiary alicyclic amines) is 1. The van der Waals surface area contributed by atoms with Crippen LogP contribution in [0.1, 0.15) is 22.3 Å². The van der Waals surface area contributed by atoms with E-state index in [0.717, 1.165) is 11.3 Å². The highest BCUT2D eigenvalue weighted by molar-refractivity contribution is 6.09. The zero-order valence-corrected chi connectivity index (χ0v) is 15.1. The molecular weight excluding hydrogens is 358 g/mol. The van der Waals surface area contributed by atoms with Crippen LogP contribution in [0.2, 0.25) is 0 Å². The highest BCUT2D eigenvalue weighted by atomic mass is 16.3. The zero-order chi connectivity index (χ0) is 19.3. The lowest BCUT2D eigenvalue weighted by atomic mass is 9.81. The van der Waals surface area contributed by atoms with Crippen molar-refractivity contribution in [3.8, 4) is 0 Å². The predicted octanol–water partition coefficient (Wildman–Crippen LogP) is 1.08. The van der Waals surface area contributed by atoms with Crippen LogP contribution < -0.4 is 4.90 Å². The maximum Gasteiger partial charge on any atom is 0.253 e. The number of nitrogens with one attached hydrogen (secondary N) is 1. The Balaban J connectivity index is 1.47. The van der Waals surface area contributed by atoms with E-state index < -0.39 is 5.41 Å². The summed E-state index contributed by atoms with van der Waals surface area (Å²) in [7, 11) is 0. The topological polar surface area (TPSA) is 102 Å². The van der Waals surface area contributed by atoms with Gasteiger partial charge in [-0.1, -0.05) is 18.2 Å². The Morgan fingerprint density at radius 2 is 2.00 bits per heavy atom. The van der Waals surface area contributed by atoms with E-state index in [-0.39, 0.29) is 25.0 Å². The maximum absolute atomic E-state index is 13.3. The van der Waals surface area contributed by atoms with Crippen molar-refractivity contribution in [1.29, 1.82) is 0 Å². The fraction of sp³-hybridized carbons (Fsp3) is 0.300. The smallest absolute Gasteiger partial charge is 0.253 e. The number of aromatic amines is 1. The molecule has 5 rings (SSSR count). The summed E-state index contributed by atoms with van der Waals surface area (Å²) < 4.78 is 0. The molecule has 1 fully saturated rings. The number of amides is 2. The van der Waals surface area contributed by atoms with Crippen LogP contribution in [0.25, 0.3) is 11.0 Å². The minimum absolute atomic E-state index is 0.0370. The van der Waals surface area contributed by atoms with Gasteiger partial charge in [0.2, 0.25) is 5.91 Å². The van der Waals surface area contributed by atoms with Crippen molar-refractivity contribution in [3.63, 3.8) is 0 Å². The second-order valence-electron chi connectivity index (χ2n) is 7.28. The zero-order valence-electron chi connectivity index (χ0n) is 15.1. The summed E-state index contributed by atoms with van der Waals surface area (Å²) in [6.45, 7) is 0.994. The Kier molecular flexibility index (Phi) is 3.70. The van der Waals surface area contributed by atoms with E-state index in [4.69, 9.17) is 0 Å². The minimum Gasteiger partial charge on any atom is -0.395 e. The lowest BCUT2D eigenvalue weighted by molar-refractivity contribution is -0.122. The monoisotopic (exact) mass is 377 g/mol. The van der Waals surface area contributed by atoms with Gasteiger partial charge in [-0.15, -0.1) is 0 Å². The molecule has 3 aromatic rings. The first-order valence-electron chi connectivity index (χ1n) is 9.26. The van der Waals surface area contributed by atoms with E-state index in [0.29, 0.717) is 36.1 Å². The number of H-pyrrole nitrogens is 1. The van der Waals surface area contributed by atoms with Crippen molar-refractivity contribution < 1.29 is 14.7 Å². The molecule has 1 aromatic heterocycles. The van der Waals surface area contributed by atoms with Crippen LogP contribution in [0.3, 0.4) is 0 Å². The number of para-hydroxylation sites is 1. The van der Waals surface area contributed by atoms with Gasteiger partial charge in [0.25, 0.3) is 5.91 Å². The van der Waals surface area contributed by atoms with Gasteiger partial charge in [-0.05, 0) is 36.2 Å². The molecule has 0 radical (unpaired) electrons. The first-order chi connectivity index (χ1) is 13.6. The third-order valence-corrected chi connectivity index (χ3v) is 5.81. The van der Waals surface area contributed by atoms with Gasteiger partial charge in [0.15, 0.2) is 0 Å². The Morgan fingerprint density at radius 3 is 2.86 bits per heavy atom. The summed E-state index contributed by atoms with van der Waals surface area (Å²) in [4.78, 5) is 29.7. The van der Waals surface area contributed by atoms with Crippen molar-refractivity contribution in [2.45, 2.75) is 11.8 Å².